The summed E-state index contributed by atoms with van der Waals surface area (Å²) >= 11 is 0. The van der Waals surface area contributed by atoms with E-state index in [1.165, 1.54) is 0 Å². The lowest BCUT2D eigenvalue weighted by Crippen LogP contribution is -2.29. The van der Waals surface area contributed by atoms with E-state index in [2.05, 4.69) is 9.84 Å². The van der Waals surface area contributed by atoms with Crippen LogP contribution in [0.2, 0.25) is 0 Å². The van der Waals surface area contributed by atoms with Crippen LogP contribution in [-0.2, 0) is 21.2 Å². The molecule has 0 N–H and O–H groups in total. The molecule has 7 nitrogen and oxygen atoms in total. The average molecular weight is 279 g/mol. The van der Waals surface area contributed by atoms with E-state index in [0.29, 0.717) is 10.9 Å². The molecule has 0 saturated heterocycles. The zero-order valence-electron chi connectivity index (χ0n) is 9.60. The molecule has 1 fully saturated rings. The lowest BCUT2D eigenvalue weighted by atomic mass is 10.3. The molecule has 0 aromatic carbocycles. The molecule has 1 heterocycles. The zero-order chi connectivity index (χ0) is 14.4. The van der Waals surface area contributed by atoms with Crippen LogP contribution in [0.5, 0.6) is 0 Å². The molecule has 10 heteroatoms. The Morgan fingerprint density at radius 3 is 2.47 bits per heavy atom. The second-order valence-electron chi connectivity index (χ2n) is 4.09. The van der Waals surface area contributed by atoms with Crippen molar-refractivity contribution in [2.75, 3.05) is 7.11 Å². The zero-order valence-corrected chi connectivity index (χ0v) is 9.60. The number of nitro groups is 1. The van der Waals surface area contributed by atoms with Gasteiger partial charge in [0.2, 0.25) is 5.69 Å². The molecule has 0 aliphatic heterocycles. The molecule has 0 radical (unpaired) electrons. The van der Waals surface area contributed by atoms with Crippen molar-refractivity contribution in [2.24, 2.45) is 0 Å². The molecule has 1 aromatic heterocycles. The predicted molar refractivity (Wildman–Crippen MR) is 53.1 cm³/mol. The molecule has 0 amide bonds. The predicted octanol–water partition coefficient (Wildman–Crippen LogP) is 1.47. The molecular weight excluding hydrogens is 271 g/mol. The van der Waals surface area contributed by atoms with Crippen molar-refractivity contribution in [1.82, 2.24) is 9.78 Å². The van der Waals surface area contributed by atoms with E-state index in [1.54, 1.807) is 0 Å². The molecule has 0 atom stereocenters. The third-order valence-corrected chi connectivity index (χ3v) is 2.89. The van der Waals surface area contributed by atoms with Crippen LogP contribution in [0.1, 0.15) is 18.5 Å². The number of carbonyl (C=O) groups excluding carboxylic acids is 1. The smallest absolute Gasteiger partial charge is 0.442 e. The second-order valence-corrected chi connectivity index (χ2v) is 4.09. The van der Waals surface area contributed by atoms with E-state index in [9.17, 15) is 28.1 Å². The van der Waals surface area contributed by atoms with Crippen LogP contribution in [-0.4, -0.2) is 27.8 Å². The van der Waals surface area contributed by atoms with Gasteiger partial charge in [-0.15, -0.1) is 0 Å². The summed E-state index contributed by atoms with van der Waals surface area (Å²) in [5.74, 6) is -0.765. The standard InChI is InChI=1S/C9H8F3N3O4/c1-19-7(16)8(2-3-8)14-4-5(15(17)18)6(13-14)9(10,11)12/h4H,2-3H2,1H3. The Labute approximate surface area is 104 Å². The SMILES string of the molecule is COC(=O)C1(n2cc([N+](=O)[O-])c(C(F)(F)F)n2)CC1. The van der Waals surface area contributed by atoms with Gasteiger partial charge in [-0.3, -0.25) is 10.1 Å². The number of ether oxygens (including phenoxy) is 1. The van der Waals surface area contributed by atoms with Crippen molar-refractivity contribution in [3.63, 3.8) is 0 Å². The van der Waals surface area contributed by atoms with E-state index in [0.717, 1.165) is 7.11 Å². The van der Waals surface area contributed by atoms with Gasteiger partial charge >= 0.3 is 17.8 Å². The van der Waals surface area contributed by atoms with Crippen LogP contribution in [0.4, 0.5) is 18.9 Å². The molecular formula is C9H8F3N3O4. The summed E-state index contributed by atoms with van der Waals surface area (Å²) in [6.45, 7) is 0. The molecule has 19 heavy (non-hydrogen) atoms. The normalized spacial score (nSPS) is 17.1. The first-order valence-electron chi connectivity index (χ1n) is 5.12. The molecule has 1 aromatic rings. The highest BCUT2D eigenvalue weighted by molar-refractivity contribution is 5.81. The number of esters is 1. The van der Waals surface area contributed by atoms with Crippen LogP contribution in [0, 0.1) is 10.1 Å². The first-order valence-corrected chi connectivity index (χ1v) is 5.12. The van der Waals surface area contributed by atoms with Gasteiger partial charge in [0.1, 0.15) is 6.20 Å². The minimum absolute atomic E-state index is 0.232. The van der Waals surface area contributed by atoms with Gasteiger partial charge in [-0.05, 0) is 12.8 Å². The summed E-state index contributed by atoms with van der Waals surface area (Å²) in [6.07, 6.45) is -3.88. The number of hydrogen-bond donors (Lipinski definition) is 0. The van der Waals surface area contributed by atoms with Crippen LogP contribution in [0.3, 0.4) is 0 Å². The van der Waals surface area contributed by atoms with Crippen molar-refractivity contribution < 1.29 is 27.6 Å². The highest BCUT2D eigenvalue weighted by atomic mass is 19.4. The Bertz CT molecular complexity index is 547. The van der Waals surface area contributed by atoms with Crippen molar-refractivity contribution in [3.8, 4) is 0 Å². The maximum atomic E-state index is 12.6. The topological polar surface area (TPSA) is 87.3 Å². The van der Waals surface area contributed by atoms with Crippen molar-refractivity contribution in [1.29, 1.82) is 0 Å². The molecule has 2 rings (SSSR count). The Morgan fingerprint density at radius 2 is 2.16 bits per heavy atom. The summed E-state index contributed by atoms with van der Waals surface area (Å²) in [5, 5.41) is 13.8. The Balaban J connectivity index is 2.51. The number of nitrogens with zero attached hydrogens (tertiary/aromatic N) is 3. The van der Waals surface area contributed by atoms with Gasteiger partial charge in [-0.2, -0.15) is 18.3 Å². The number of carbonyl (C=O) groups is 1. The summed E-state index contributed by atoms with van der Waals surface area (Å²) in [6, 6.07) is 0. The first-order chi connectivity index (χ1) is 8.72. The van der Waals surface area contributed by atoms with Crippen LogP contribution in [0.15, 0.2) is 6.20 Å². The van der Waals surface area contributed by atoms with E-state index in [-0.39, 0.29) is 12.8 Å². The molecule has 0 bridgehead atoms. The van der Waals surface area contributed by atoms with Crippen molar-refractivity contribution in [2.45, 2.75) is 24.6 Å². The van der Waals surface area contributed by atoms with Gasteiger partial charge < -0.3 is 4.74 Å². The van der Waals surface area contributed by atoms with Crippen molar-refractivity contribution in [3.05, 3.63) is 22.0 Å². The molecule has 1 saturated carbocycles. The molecule has 1 aliphatic carbocycles. The van der Waals surface area contributed by atoms with Crippen LogP contribution in [0.25, 0.3) is 0 Å². The van der Waals surface area contributed by atoms with E-state index in [1.807, 2.05) is 0 Å². The van der Waals surface area contributed by atoms with Gasteiger partial charge in [0, 0.05) is 0 Å². The quantitative estimate of drug-likeness (QED) is 0.475. The third-order valence-electron chi connectivity index (χ3n) is 2.89. The van der Waals surface area contributed by atoms with Gasteiger partial charge in [0.05, 0.1) is 12.0 Å². The van der Waals surface area contributed by atoms with Crippen LogP contribution >= 0.6 is 0 Å². The molecule has 0 unspecified atom stereocenters. The number of rotatable bonds is 3. The average Bonchev–Trinajstić information content (AvgIpc) is 2.98. The Kier molecular flexibility index (Phi) is 2.75. The number of aromatic nitrogens is 2. The van der Waals surface area contributed by atoms with Gasteiger partial charge in [-0.1, -0.05) is 0 Å². The fraction of sp³-hybridized carbons (Fsp3) is 0.556. The van der Waals surface area contributed by atoms with E-state index >= 15 is 0 Å². The summed E-state index contributed by atoms with van der Waals surface area (Å²) in [4.78, 5) is 20.9. The van der Waals surface area contributed by atoms with Gasteiger partial charge in [-0.25, -0.2) is 9.48 Å². The lowest BCUT2D eigenvalue weighted by molar-refractivity contribution is -0.388. The maximum absolute atomic E-state index is 12.6. The Morgan fingerprint density at radius 1 is 1.58 bits per heavy atom. The summed E-state index contributed by atoms with van der Waals surface area (Å²) in [5.41, 5.74) is -4.14. The highest BCUT2D eigenvalue weighted by Crippen LogP contribution is 2.46. The fourth-order valence-electron chi connectivity index (χ4n) is 1.75. The highest BCUT2D eigenvalue weighted by Gasteiger charge is 2.56. The number of hydrogen-bond acceptors (Lipinski definition) is 5. The minimum atomic E-state index is -4.96. The summed E-state index contributed by atoms with van der Waals surface area (Å²) < 4.78 is 43.0. The molecule has 104 valence electrons. The summed E-state index contributed by atoms with van der Waals surface area (Å²) in [7, 11) is 1.09. The Hall–Kier alpha value is -2.13. The van der Waals surface area contributed by atoms with Crippen LogP contribution < -0.4 is 0 Å². The largest absolute Gasteiger partial charge is 0.467 e. The van der Waals surface area contributed by atoms with E-state index in [4.69, 9.17) is 0 Å². The van der Waals surface area contributed by atoms with E-state index < -0.39 is 34.0 Å². The minimum Gasteiger partial charge on any atom is -0.467 e. The second kappa shape index (κ2) is 3.93. The fourth-order valence-corrected chi connectivity index (χ4v) is 1.75. The number of alkyl halides is 3. The third kappa shape index (κ3) is 2.02. The van der Waals surface area contributed by atoms with Crippen molar-refractivity contribution >= 4 is 11.7 Å². The molecule has 0 spiro atoms. The number of halogens is 3. The monoisotopic (exact) mass is 279 g/mol. The number of methoxy groups -OCH3 is 1. The van der Waals surface area contributed by atoms with Gasteiger partial charge in [0.15, 0.2) is 5.54 Å². The first kappa shape index (κ1) is 13.3. The maximum Gasteiger partial charge on any atom is 0.442 e. The molecule has 1 aliphatic rings. The lowest BCUT2D eigenvalue weighted by Gasteiger charge is -2.12. The van der Waals surface area contributed by atoms with Gasteiger partial charge in [0.25, 0.3) is 0 Å².